The second kappa shape index (κ2) is 5.60. The number of likely N-dealkylation sites (tertiary alicyclic amines) is 1. The molecule has 1 aliphatic heterocycles. The van der Waals surface area contributed by atoms with Crippen LogP contribution >= 0.6 is 0 Å². The maximum Gasteiger partial charge on any atom is 0.113 e. The van der Waals surface area contributed by atoms with E-state index in [1.165, 1.54) is 11.1 Å². The highest BCUT2D eigenvalue weighted by atomic mass is 16.5. The minimum Gasteiger partial charge on any atom is -0.385 e. The van der Waals surface area contributed by atoms with Crippen molar-refractivity contribution in [3.8, 4) is 11.3 Å². The van der Waals surface area contributed by atoms with E-state index in [9.17, 15) is 5.11 Å². The monoisotopic (exact) mass is 287 g/mol. The van der Waals surface area contributed by atoms with Gasteiger partial charge in [-0.2, -0.15) is 5.10 Å². The number of methoxy groups -OCH3 is 1. The molecule has 0 aliphatic carbocycles. The summed E-state index contributed by atoms with van der Waals surface area (Å²) in [5.74, 6) is 0. The summed E-state index contributed by atoms with van der Waals surface area (Å²) in [6, 6.07) is 10.4. The zero-order valence-corrected chi connectivity index (χ0v) is 12.5. The Labute approximate surface area is 124 Å². The third kappa shape index (κ3) is 2.85. The fraction of sp³-hybridized carbons (Fsp3) is 0.438. The molecule has 2 aromatic rings. The molecule has 1 saturated heterocycles. The van der Waals surface area contributed by atoms with E-state index in [0.717, 1.165) is 12.2 Å². The zero-order chi connectivity index (χ0) is 14.9. The van der Waals surface area contributed by atoms with Crippen LogP contribution in [0.4, 0.5) is 0 Å². The van der Waals surface area contributed by atoms with Crippen LogP contribution in [0.1, 0.15) is 5.56 Å². The molecule has 0 radical (unpaired) electrons. The number of hydrogen-bond donors (Lipinski definition) is 1. The Bertz CT molecular complexity index is 617. The third-order valence-corrected chi connectivity index (χ3v) is 3.96. The zero-order valence-electron chi connectivity index (χ0n) is 12.5. The molecule has 1 aliphatic rings. The minimum absolute atomic E-state index is 0.396. The Morgan fingerprint density at radius 2 is 2.05 bits per heavy atom. The molecule has 0 bridgehead atoms. The molecular weight excluding hydrogens is 266 g/mol. The first kappa shape index (κ1) is 14.3. The van der Waals surface area contributed by atoms with Gasteiger partial charge in [0.1, 0.15) is 5.60 Å². The van der Waals surface area contributed by atoms with Gasteiger partial charge >= 0.3 is 0 Å². The van der Waals surface area contributed by atoms with Crippen molar-refractivity contribution in [3.63, 3.8) is 0 Å². The molecule has 0 atom stereocenters. The van der Waals surface area contributed by atoms with E-state index in [1.807, 2.05) is 30.1 Å². The van der Waals surface area contributed by atoms with Crippen molar-refractivity contribution in [1.29, 1.82) is 0 Å². The average molecular weight is 287 g/mol. The lowest BCUT2D eigenvalue weighted by atomic mass is 9.93. The Hall–Kier alpha value is -1.69. The van der Waals surface area contributed by atoms with Crippen LogP contribution in [0.5, 0.6) is 0 Å². The normalized spacial score (nSPS) is 17.7. The largest absolute Gasteiger partial charge is 0.385 e. The van der Waals surface area contributed by atoms with Gasteiger partial charge in [0.25, 0.3) is 0 Å². The minimum atomic E-state index is -0.684. The van der Waals surface area contributed by atoms with Crippen LogP contribution in [0.2, 0.25) is 0 Å². The number of nitrogens with zero attached hydrogens (tertiary/aromatic N) is 3. The van der Waals surface area contributed by atoms with Gasteiger partial charge < -0.3 is 9.84 Å². The summed E-state index contributed by atoms with van der Waals surface area (Å²) in [6.07, 6.45) is 1.81. The molecule has 0 saturated carbocycles. The lowest BCUT2D eigenvalue weighted by Crippen LogP contribution is -2.63. The topological polar surface area (TPSA) is 50.5 Å². The van der Waals surface area contributed by atoms with Gasteiger partial charge in [0, 0.05) is 45.6 Å². The maximum atomic E-state index is 10.2. The second-order valence-electron chi connectivity index (χ2n) is 5.80. The number of benzene rings is 1. The molecule has 0 unspecified atom stereocenters. The molecule has 0 amide bonds. The number of aryl methyl sites for hydroxylation is 1. The van der Waals surface area contributed by atoms with E-state index in [-0.39, 0.29) is 0 Å². The van der Waals surface area contributed by atoms with Crippen molar-refractivity contribution < 1.29 is 9.84 Å². The van der Waals surface area contributed by atoms with Crippen LogP contribution in [0.15, 0.2) is 36.5 Å². The summed E-state index contributed by atoms with van der Waals surface area (Å²) in [4.78, 5) is 2.23. The van der Waals surface area contributed by atoms with Gasteiger partial charge in [-0.3, -0.25) is 9.58 Å². The molecule has 5 heteroatoms. The summed E-state index contributed by atoms with van der Waals surface area (Å²) in [6.45, 7) is 2.53. The fourth-order valence-electron chi connectivity index (χ4n) is 3.04. The highest BCUT2D eigenvalue weighted by Crippen LogP contribution is 2.28. The smallest absolute Gasteiger partial charge is 0.113 e. The van der Waals surface area contributed by atoms with E-state index in [1.54, 1.807) is 7.11 Å². The van der Waals surface area contributed by atoms with Crippen LogP contribution in [-0.4, -0.2) is 52.2 Å². The molecule has 1 aromatic heterocycles. The van der Waals surface area contributed by atoms with Gasteiger partial charge in [0.2, 0.25) is 0 Å². The summed E-state index contributed by atoms with van der Waals surface area (Å²) >= 11 is 0. The van der Waals surface area contributed by atoms with Gasteiger partial charge in [-0.1, -0.05) is 24.3 Å². The number of hydrogen-bond acceptors (Lipinski definition) is 4. The first-order chi connectivity index (χ1) is 10.1. The van der Waals surface area contributed by atoms with Crippen molar-refractivity contribution in [2.24, 2.45) is 7.05 Å². The highest BCUT2D eigenvalue weighted by molar-refractivity contribution is 5.63. The fourth-order valence-corrected chi connectivity index (χ4v) is 3.04. The summed E-state index contributed by atoms with van der Waals surface area (Å²) in [7, 11) is 3.57. The van der Waals surface area contributed by atoms with Crippen molar-refractivity contribution in [1.82, 2.24) is 14.7 Å². The van der Waals surface area contributed by atoms with Crippen molar-refractivity contribution >= 4 is 0 Å². The lowest BCUT2D eigenvalue weighted by Gasteiger charge is -2.46. The summed E-state index contributed by atoms with van der Waals surface area (Å²) in [5.41, 5.74) is 2.87. The molecule has 2 heterocycles. The Morgan fingerprint density at radius 3 is 2.71 bits per heavy atom. The molecule has 1 fully saturated rings. The Balaban J connectivity index is 1.75. The predicted octanol–water partition coefficient (Wildman–Crippen LogP) is 1.28. The Kier molecular flexibility index (Phi) is 3.80. The molecule has 5 nitrogen and oxygen atoms in total. The van der Waals surface area contributed by atoms with E-state index >= 15 is 0 Å². The number of aliphatic hydroxyl groups is 1. The van der Waals surface area contributed by atoms with Crippen molar-refractivity contribution in [2.75, 3.05) is 26.8 Å². The highest BCUT2D eigenvalue weighted by Gasteiger charge is 2.41. The van der Waals surface area contributed by atoms with Crippen LogP contribution < -0.4 is 0 Å². The average Bonchev–Trinajstić information content (AvgIpc) is 2.84. The number of rotatable bonds is 5. The van der Waals surface area contributed by atoms with Crippen molar-refractivity contribution in [2.45, 2.75) is 12.1 Å². The van der Waals surface area contributed by atoms with Crippen molar-refractivity contribution in [3.05, 3.63) is 42.1 Å². The molecule has 1 aromatic carbocycles. The van der Waals surface area contributed by atoms with E-state index < -0.39 is 5.60 Å². The molecule has 3 rings (SSSR count). The molecule has 112 valence electrons. The molecular formula is C16H21N3O2. The van der Waals surface area contributed by atoms with Crippen LogP contribution in [0.3, 0.4) is 0 Å². The second-order valence-corrected chi connectivity index (χ2v) is 5.80. The third-order valence-electron chi connectivity index (χ3n) is 3.96. The molecule has 1 N–H and O–H groups in total. The van der Waals surface area contributed by atoms with E-state index in [4.69, 9.17) is 4.74 Å². The summed E-state index contributed by atoms with van der Waals surface area (Å²) < 4.78 is 6.94. The van der Waals surface area contributed by atoms with E-state index in [2.05, 4.69) is 28.2 Å². The molecule has 0 spiro atoms. The maximum absolute atomic E-state index is 10.2. The predicted molar refractivity (Wildman–Crippen MR) is 80.7 cm³/mol. The first-order valence-corrected chi connectivity index (χ1v) is 7.11. The SMILES string of the molecule is COCC1(O)CN(Cc2ccccc2-c2ccnn2C)C1. The van der Waals surface area contributed by atoms with Crippen LogP contribution in [0.25, 0.3) is 11.3 Å². The lowest BCUT2D eigenvalue weighted by molar-refractivity contribution is -0.135. The van der Waals surface area contributed by atoms with Gasteiger partial charge in [0.05, 0.1) is 12.3 Å². The number of aromatic nitrogens is 2. The standard InChI is InChI=1S/C16H21N3O2/c1-18-15(7-8-17-18)14-6-4-3-5-13(14)9-19-10-16(20,11-19)12-21-2/h3-8,20H,9-12H2,1-2H3. The summed E-state index contributed by atoms with van der Waals surface area (Å²) in [5, 5.41) is 14.4. The van der Waals surface area contributed by atoms with Gasteiger partial charge in [-0.25, -0.2) is 0 Å². The quantitative estimate of drug-likeness (QED) is 0.900. The van der Waals surface area contributed by atoms with Gasteiger partial charge in [-0.05, 0) is 11.6 Å². The van der Waals surface area contributed by atoms with Gasteiger partial charge in [-0.15, -0.1) is 0 Å². The van der Waals surface area contributed by atoms with Crippen LogP contribution in [-0.2, 0) is 18.3 Å². The molecule has 21 heavy (non-hydrogen) atoms. The van der Waals surface area contributed by atoms with Gasteiger partial charge in [0.15, 0.2) is 0 Å². The first-order valence-electron chi connectivity index (χ1n) is 7.11. The Morgan fingerprint density at radius 1 is 1.29 bits per heavy atom. The number of β-amino-alcohol motifs (C(OH)–C–C–N with tert-alkyl or cyclic N) is 1. The van der Waals surface area contributed by atoms with E-state index in [0.29, 0.717) is 19.7 Å². The van der Waals surface area contributed by atoms with Crippen LogP contribution in [0, 0.1) is 0 Å². The number of ether oxygens (including phenoxy) is 1.